The summed E-state index contributed by atoms with van der Waals surface area (Å²) in [5.41, 5.74) is 1.45. The van der Waals surface area contributed by atoms with Crippen molar-refractivity contribution in [3.63, 3.8) is 0 Å². The summed E-state index contributed by atoms with van der Waals surface area (Å²) in [6, 6.07) is 3.94. The molecule has 0 bridgehead atoms. The second-order valence-corrected chi connectivity index (χ2v) is 5.32. The van der Waals surface area contributed by atoms with Crippen LogP contribution in [0.25, 0.3) is 0 Å². The van der Waals surface area contributed by atoms with Crippen molar-refractivity contribution in [3.8, 4) is 0 Å². The maximum absolute atomic E-state index is 5.96. The van der Waals surface area contributed by atoms with Crippen LogP contribution >= 0.6 is 0 Å². The lowest BCUT2D eigenvalue weighted by atomic mass is 9.90. The van der Waals surface area contributed by atoms with Gasteiger partial charge in [-0.3, -0.25) is 4.98 Å². The van der Waals surface area contributed by atoms with Crippen molar-refractivity contribution in [2.45, 2.75) is 52.1 Å². The summed E-state index contributed by atoms with van der Waals surface area (Å²) in [7, 11) is 0. The second kappa shape index (κ2) is 3.54. The van der Waals surface area contributed by atoms with E-state index in [1.54, 1.807) is 6.20 Å². The van der Waals surface area contributed by atoms with Crippen molar-refractivity contribution in [2.24, 2.45) is 0 Å². The van der Waals surface area contributed by atoms with E-state index in [1.807, 2.05) is 19.1 Å². The van der Waals surface area contributed by atoms with Gasteiger partial charge < -0.3 is 9.47 Å². The Morgan fingerprint density at radius 2 is 1.69 bits per heavy atom. The van der Waals surface area contributed by atoms with Crippen molar-refractivity contribution < 1.29 is 9.47 Å². The van der Waals surface area contributed by atoms with E-state index in [1.165, 1.54) is 0 Å². The first-order valence-corrected chi connectivity index (χ1v) is 5.60. The quantitative estimate of drug-likeness (QED) is 0.730. The highest BCUT2D eigenvalue weighted by atomic mass is 16.7. The lowest BCUT2D eigenvalue weighted by molar-refractivity contribution is -0.0896. The fraction of sp³-hybridized carbons (Fsp3) is 0.615. The maximum Gasteiger partial charge on any atom is 0.185 e. The summed E-state index contributed by atoms with van der Waals surface area (Å²) >= 11 is 0. The largest absolute Gasteiger partial charge is 0.339 e. The molecule has 1 aromatic heterocycles. The van der Waals surface area contributed by atoms with E-state index in [2.05, 4.69) is 32.7 Å². The fourth-order valence-corrected chi connectivity index (χ4v) is 1.69. The van der Waals surface area contributed by atoms with Gasteiger partial charge in [-0.1, -0.05) is 0 Å². The van der Waals surface area contributed by atoms with Crippen LogP contribution < -0.4 is 0 Å². The monoisotopic (exact) mass is 221 g/mol. The highest BCUT2D eigenvalue weighted by Gasteiger charge is 2.49. The molecule has 3 nitrogen and oxygen atoms in total. The molecule has 1 saturated heterocycles. The van der Waals surface area contributed by atoms with Crippen LogP contribution in [0.4, 0.5) is 0 Å². The summed E-state index contributed by atoms with van der Waals surface area (Å²) in [4.78, 5) is 4.17. The Bertz CT molecular complexity index is 383. The zero-order valence-corrected chi connectivity index (χ0v) is 10.6. The second-order valence-electron chi connectivity index (χ2n) is 5.32. The summed E-state index contributed by atoms with van der Waals surface area (Å²) in [6.45, 7) is 10.2. The molecule has 1 fully saturated rings. The Balaban J connectivity index is 2.27. The predicted molar refractivity (Wildman–Crippen MR) is 62.0 cm³/mol. The van der Waals surface area contributed by atoms with Crippen molar-refractivity contribution in [3.05, 3.63) is 29.6 Å². The summed E-state index contributed by atoms with van der Waals surface area (Å²) in [5.74, 6) is 0. The van der Waals surface area contributed by atoms with Gasteiger partial charge >= 0.3 is 0 Å². The average Bonchev–Trinajstić information content (AvgIpc) is 2.36. The van der Waals surface area contributed by atoms with Crippen molar-refractivity contribution in [1.29, 1.82) is 0 Å². The van der Waals surface area contributed by atoms with Crippen molar-refractivity contribution >= 4 is 0 Å². The minimum absolute atomic E-state index is 0.283. The molecule has 1 aliphatic heterocycles. The van der Waals surface area contributed by atoms with Gasteiger partial charge in [0.1, 0.15) is 0 Å². The third-order valence-corrected chi connectivity index (χ3v) is 3.45. The van der Waals surface area contributed by atoms with E-state index in [-0.39, 0.29) is 17.5 Å². The molecule has 88 valence electrons. The Hall–Kier alpha value is -0.930. The van der Waals surface area contributed by atoms with E-state index in [0.717, 1.165) is 11.3 Å². The number of ether oxygens (including phenoxy) is 2. The van der Waals surface area contributed by atoms with E-state index in [9.17, 15) is 0 Å². The zero-order chi connectivity index (χ0) is 12.0. The van der Waals surface area contributed by atoms with Crippen LogP contribution in [0.5, 0.6) is 0 Å². The van der Waals surface area contributed by atoms with Gasteiger partial charge in [-0.15, -0.1) is 0 Å². The third kappa shape index (κ3) is 1.85. The van der Waals surface area contributed by atoms with Gasteiger partial charge in [0.2, 0.25) is 0 Å². The first kappa shape index (κ1) is 11.6. The Kier molecular flexibility index (Phi) is 2.55. The molecule has 0 aliphatic carbocycles. The lowest BCUT2D eigenvalue weighted by Gasteiger charge is -2.30. The van der Waals surface area contributed by atoms with Crippen molar-refractivity contribution in [2.75, 3.05) is 0 Å². The number of pyridine rings is 1. The van der Waals surface area contributed by atoms with Crippen LogP contribution in [-0.4, -0.2) is 16.2 Å². The molecule has 1 aliphatic rings. The molecule has 0 unspecified atom stereocenters. The smallest absolute Gasteiger partial charge is 0.185 e. The highest BCUT2D eigenvalue weighted by Crippen LogP contribution is 2.44. The van der Waals surface area contributed by atoms with E-state index in [0.29, 0.717) is 0 Å². The summed E-state index contributed by atoms with van der Waals surface area (Å²) in [6.07, 6.45) is 1.50. The molecule has 0 saturated carbocycles. The number of hydrogen-bond donors (Lipinski definition) is 0. The molecule has 0 atom stereocenters. The highest BCUT2D eigenvalue weighted by molar-refractivity contribution is 5.18. The van der Waals surface area contributed by atoms with Gasteiger partial charge in [-0.25, -0.2) is 0 Å². The molecular weight excluding hydrogens is 202 g/mol. The van der Waals surface area contributed by atoms with Gasteiger partial charge in [0.15, 0.2) is 6.29 Å². The molecule has 2 heterocycles. The molecule has 0 amide bonds. The van der Waals surface area contributed by atoms with E-state index >= 15 is 0 Å². The van der Waals surface area contributed by atoms with Gasteiger partial charge in [0.25, 0.3) is 0 Å². The minimum Gasteiger partial charge on any atom is -0.339 e. The summed E-state index contributed by atoms with van der Waals surface area (Å²) in [5, 5.41) is 0. The van der Waals surface area contributed by atoms with Crippen LogP contribution in [0.15, 0.2) is 18.3 Å². The number of aromatic nitrogens is 1. The van der Waals surface area contributed by atoms with Crippen LogP contribution in [0.1, 0.15) is 45.2 Å². The third-order valence-electron chi connectivity index (χ3n) is 3.45. The molecule has 0 aromatic carbocycles. The molecular formula is C13H19NO2. The van der Waals surface area contributed by atoms with Crippen LogP contribution in [-0.2, 0) is 9.47 Å². The topological polar surface area (TPSA) is 31.4 Å². The van der Waals surface area contributed by atoms with Crippen LogP contribution in [0, 0.1) is 6.92 Å². The Morgan fingerprint density at radius 3 is 2.19 bits per heavy atom. The standard InChI is InChI=1S/C13H19NO2/c1-9-8-10(6-7-14-9)11-15-12(2,3)13(4,5)16-11/h6-8,11H,1-5H3. The van der Waals surface area contributed by atoms with Crippen molar-refractivity contribution in [1.82, 2.24) is 4.98 Å². The minimum atomic E-state index is -0.285. The van der Waals surface area contributed by atoms with Gasteiger partial charge in [-0.2, -0.15) is 0 Å². The van der Waals surface area contributed by atoms with Gasteiger partial charge in [0, 0.05) is 17.5 Å². The first-order valence-electron chi connectivity index (χ1n) is 5.60. The molecule has 0 spiro atoms. The first-order chi connectivity index (χ1) is 7.32. The predicted octanol–water partition coefficient (Wildman–Crippen LogP) is 2.99. The van der Waals surface area contributed by atoms with E-state index < -0.39 is 0 Å². The normalized spacial score (nSPS) is 23.6. The molecule has 3 heteroatoms. The number of nitrogens with zero attached hydrogens (tertiary/aromatic N) is 1. The number of aryl methyl sites for hydroxylation is 1. The molecule has 0 N–H and O–H groups in total. The zero-order valence-electron chi connectivity index (χ0n) is 10.6. The molecule has 1 aromatic rings. The number of rotatable bonds is 1. The SMILES string of the molecule is Cc1cc(C2OC(C)(C)C(C)(C)O2)ccn1. The average molecular weight is 221 g/mol. The van der Waals surface area contributed by atoms with Crippen LogP contribution in [0.3, 0.4) is 0 Å². The number of hydrogen-bond acceptors (Lipinski definition) is 3. The fourth-order valence-electron chi connectivity index (χ4n) is 1.69. The summed E-state index contributed by atoms with van der Waals surface area (Å²) < 4.78 is 11.9. The molecule has 16 heavy (non-hydrogen) atoms. The van der Waals surface area contributed by atoms with E-state index in [4.69, 9.17) is 9.47 Å². The Labute approximate surface area is 96.8 Å². The van der Waals surface area contributed by atoms with Gasteiger partial charge in [0.05, 0.1) is 11.2 Å². The van der Waals surface area contributed by atoms with Gasteiger partial charge in [-0.05, 0) is 46.8 Å². The molecule has 2 rings (SSSR count). The molecule has 0 radical (unpaired) electrons. The Morgan fingerprint density at radius 1 is 1.12 bits per heavy atom. The maximum atomic E-state index is 5.96. The van der Waals surface area contributed by atoms with Crippen LogP contribution in [0.2, 0.25) is 0 Å². The lowest BCUT2D eigenvalue weighted by Crippen LogP contribution is -2.41.